The van der Waals surface area contributed by atoms with Crippen LogP contribution in [0.2, 0.25) is 0 Å². The molecule has 0 aromatic carbocycles. The first kappa shape index (κ1) is 22.7. The molecule has 2 heterocycles. The van der Waals surface area contributed by atoms with Gasteiger partial charge in [0.1, 0.15) is 11.8 Å². The van der Waals surface area contributed by atoms with Gasteiger partial charge in [-0.25, -0.2) is 0 Å². The Hall–Kier alpha value is -1.93. The number of ether oxygens (including phenoxy) is 3. The molecule has 8 nitrogen and oxygen atoms in total. The molecule has 1 aromatic rings. The summed E-state index contributed by atoms with van der Waals surface area (Å²) in [7, 11) is 0. The van der Waals surface area contributed by atoms with Gasteiger partial charge in [0.2, 0.25) is 0 Å². The summed E-state index contributed by atoms with van der Waals surface area (Å²) in [6, 6.07) is 1.83. The van der Waals surface area contributed by atoms with Gasteiger partial charge in [-0.2, -0.15) is 5.10 Å². The van der Waals surface area contributed by atoms with Gasteiger partial charge < -0.3 is 19.1 Å². The molecule has 1 amide bonds. The first-order chi connectivity index (χ1) is 13.9. The smallest absolute Gasteiger partial charge is 0.309 e. The molecule has 3 atom stereocenters. The van der Waals surface area contributed by atoms with Crippen LogP contribution in [0.25, 0.3) is 0 Å². The molecule has 2 fully saturated rings. The zero-order chi connectivity index (χ0) is 22.3. The van der Waals surface area contributed by atoms with E-state index >= 15 is 0 Å². The average Bonchev–Trinajstić information content (AvgIpc) is 3.15. The average molecular weight is 422 g/mol. The Labute approximate surface area is 178 Å². The molecule has 30 heavy (non-hydrogen) atoms. The van der Waals surface area contributed by atoms with E-state index in [-0.39, 0.29) is 35.4 Å². The van der Waals surface area contributed by atoms with Gasteiger partial charge in [0.15, 0.2) is 5.79 Å². The number of esters is 1. The number of amides is 1. The molecule has 0 bridgehead atoms. The Kier molecular flexibility index (Phi) is 6.30. The lowest BCUT2D eigenvalue weighted by Crippen LogP contribution is -2.42. The highest BCUT2D eigenvalue weighted by atomic mass is 16.7. The number of nitrogens with zero attached hydrogens (tertiary/aromatic N) is 3. The van der Waals surface area contributed by atoms with Crippen molar-refractivity contribution in [3.8, 4) is 0 Å². The second-order valence-corrected chi connectivity index (χ2v) is 9.77. The second kappa shape index (κ2) is 8.30. The topological polar surface area (TPSA) is 82.9 Å². The first-order valence-corrected chi connectivity index (χ1v) is 10.8. The van der Waals surface area contributed by atoms with E-state index < -0.39 is 5.79 Å². The lowest BCUT2D eigenvalue weighted by atomic mass is 10.1. The number of rotatable bonds is 7. The maximum absolute atomic E-state index is 13.6. The first-order valence-electron chi connectivity index (χ1n) is 10.8. The lowest BCUT2D eigenvalue weighted by molar-refractivity contribution is -0.145. The minimum absolute atomic E-state index is 0.103. The fourth-order valence-electron chi connectivity index (χ4n) is 3.93. The van der Waals surface area contributed by atoms with Crippen LogP contribution >= 0.6 is 0 Å². The van der Waals surface area contributed by atoms with Crippen molar-refractivity contribution in [2.75, 3.05) is 26.3 Å². The van der Waals surface area contributed by atoms with E-state index in [9.17, 15) is 9.59 Å². The molecule has 0 radical (unpaired) electrons. The predicted molar refractivity (Wildman–Crippen MR) is 111 cm³/mol. The van der Waals surface area contributed by atoms with Gasteiger partial charge in [0.25, 0.3) is 5.91 Å². The van der Waals surface area contributed by atoms with Gasteiger partial charge in [-0.15, -0.1) is 0 Å². The maximum Gasteiger partial charge on any atom is 0.309 e. The summed E-state index contributed by atoms with van der Waals surface area (Å²) >= 11 is 0. The Balaban J connectivity index is 1.79. The predicted octanol–water partition coefficient (Wildman–Crippen LogP) is 2.74. The van der Waals surface area contributed by atoms with Gasteiger partial charge in [-0.1, -0.05) is 0 Å². The van der Waals surface area contributed by atoms with Crippen molar-refractivity contribution in [1.29, 1.82) is 0 Å². The van der Waals surface area contributed by atoms with Crippen molar-refractivity contribution in [2.24, 2.45) is 11.8 Å². The zero-order valence-electron chi connectivity index (χ0n) is 19.2. The van der Waals surface area contributed by atoms with Crippen LogP contribution in [-0.2, 0) is 24.5 Å². The van der Waals surface area contributed by atoms with Gasteiger partial charge >= 0.3 is 5.97 Å². The Morgan fingerprint density at radius 3 is 2.60 bits per heavy atom. The molecule has 0 spiro atoms. The number of hydrogen-bond donors (Lipinski definition) is 0. The Morgan fingerprint density at radius 1 is 1.33 bits per heavy atom. The fraction of sp³-hybridized carbons (Fsp3) is 0.773. The third-order valence-electron chi connectivity index (χ3n) is 5.43. The van der Waals surface area contributed by atoms with Crippen LogP contribution in [0.4, 0.5) is 0 Å². The standard InChI is InChI=1S/C22H35N3O5/c1-8-28-20(27)17-10-15(17)11-24(12-16-13-29-22(6,7)30-16)19(26)18-9-14(2)23-25(18)21(3,4)5/h9,15-17H,8,10-13H2,1-7H3/t15-,16-,17+/m1/s1. The Bertz CT molecular complexity index is 795. The van der Waals surface area contributed by atoms with Crippen molar-refractivity contribution in [1.82, 2.24) is 14.7 Å². The quantitative estimate of drug-likeness (QED) is 0.630. The molecule has 1 aliphatic heterocycles. The highest BCUT2D eigenvalue weighted by Crippen LogP contribution is 2.40. The molecule has 2 aliphatic rings. The van der Waals surface area contributed by atoms with E-state index in [2.05, 4.69) is 5.10 Å². The maximum atomic E-state index is 13.6. The van der Waals surface area contributed by atoms with Crippen molar-refractivity contribution < 1.29 is 23.8 Å². The van der Waals surface area contributed by atoms with Gasteiger partial charge in [0, 0.05) is 13.1 Å². The third-order valence-corrected chi connectivity index (χ3v) is 5.43. The summed E-state index contributed by atoms with van der Waals surface area (Å²) in [5, 5.41) is 4.54. The molecule has 1 saturated heterocycles. The number of hydrogen-bond acceptors (Lipinski definition) is 6. The monoisotopic (exact) mass is 421 g/mol. The summed E-state index contributed by atoms with van der Waals surface area (Å²) in [6.07, 6.45) is 0.532. The van der Waals surface area contributed by atoms with Crippen LogP contribution in [0.1, 0.15) is 64.1 Å². The lowest BCUT2D eigenvalue weighted by Gasteiger charge is -2.28. The minimum Gasteiger partial charge on any atom is -0.466 e. The minimum atomic E-state index is -0.657. The van der Waals surface area contributed by atoms with E-state index in [4.69, 9.17) is 14.2 Å². The molecule has 8 heteroatoms. The van der Waals surface area contributed by atoms with Crippen molar-refractivity contribution in [3.63, 3.8) is 0 Å². The normalized spacial score (nSPS) is 25.2. The number of carbonyl (C=O) groups excluding carboxylic acids is 2. The zero-order valence-corrected chi connectivity index (χ0v) is 19.2. The molecule has 1 saturated carbocycles. The molecule has 0 N–H and O–H groups in total. The number of aromatic nitrogens is 2. The van der Waals surface area contributed by atoms with Gasteiger partial charge in [-0.3, -0.25) is 14.3 Å². The van der Waals surface area contributed by atoms with Crippen LogP contribution in [0.3, 0.4) is 0 Å². The van der Waals surface area contributed by atoms with Crippen molar-refractivity contribution in [3.05, 3.63) is 17.5 Å². The van der Waals surface area contributed by atoms with Gasteiger partial charge in [0.05, 0.1) is 30.4 Å². The molecule has 168 valence electrons. The molecular weight excluding hydrogens is 386 g/mol. The molecule has 1 aliphatic carbocycles. The van der Waals surface area contributed by atoms with Crippen LogP contribution in [0.5, 0.6) is 0 Å². The molecule has 0 unspecified atom stereocenters. The van der Waals surface area contributed by atoms with Crippen LogP contribution in [0, 0.1) is 18.8 Å². The fourth-order valence-corrected chi connectivity index (χ4v) is 3.93. The summed E-state index contributed by atoms with van der Waals surface area (Å²) in [6.45, 7) is 15.2. The molecular formula is C22H35N3O5. The second-order valence-electron chi connectivity index (χ2n) is 9.77. The van der Waals surface area contributed by atoms with E-state index in [1.165, 1.54) is 0 Å². The van der Waals surface area contributed by atoms with Crippen LogP contribution in [-0.4, -0.2) is 64.8 Å². The van der Waals surface area contributed by atoms with Crippen molar-refractivity contribution in [2.45, 2.75) is 72.3 Å². The van der Waals surface area contributed by atoms with E-state index in [0.717, 1.165) is 12.1 Å². The highest BCUT2D eigenvalue weighted by Gasteiger charge is 2.46. The molecule has 1 aromatic heterocycles. The Morgan fingerprint density at radius 2 is 2.03 bits per heavy atom. The summed E-state index contributed by atoms with van der Waals surface area (Å²) in [4.78, 5) is 27.5. The number of carbonyl (C=O) groups is 2. The third kappa shape index (κ3) is 5.21. The largest absolute Gasteiger partial charge is 0.466 e. The van der Waals surface area contributed by atoms with E-state index in [1.807, 2.05) is 47.6 Å². The summed E-state index contributed by atoms with van der Waals surface area (Å²) < 4.78 is 18.6. The van der Waals surface area contributed by atoms with Crippen LogP contribution in [0.15, 0.2) is 6.07 Å². The van der Waals surface area contributed by atoms with Crippen molar-refractivity contribution >= 4 is 11.9 Å². The SMILES string of the molecule is CCOC(=O)[C@H]1C[C@@H]1CN(C[C@@H]1COC(C)(C)O1)C(=O)c1cc(C)nn1C(C)(C)C. The van der Waals surface area contributed by atoms with Crippen LogP contribution < -0.4 is 0 Å². The highest BCUT2D eigenvalue weighted by molar-refractivity contribution is 5.93. The van der Waals surface area contributed by atoms with Gasteiger partial charge in [-0.05, 0) is 66.9 Å². The number of aryl methyl sites for hydroxylation is 1. The van der Waals surface area contributed by atoms with E-state index in [1.54, 1.807) is 16.5 Å². The summed E-state index contributed by atoms with van der Waals surface area (Å²) in [5.74, 6) is -0.960. The molecule has 3 rings (SSSR count). The van der Waals surface area contributed by atoms with E-state index in [0.29, 0.717) is 32.0 Å². The summed E-state index contributed by atoms with van der Waals surface area (Å²) in [5.41, 5.74) is 1.02.